The Labute approximate surface area is 157 Å². The molecule has 0 aliphatic rings. The molecule has 0 bridgehead atoms. The molecule has 1 aromatic heterocycles. The Kier molecular flexibility index (Phi) is 5.81. The Hall–Kier alpha value is -2.92. The normalized spacial score (nSPS) is 10.4. The Morgan fingerprint density at radius 1 is 1.04 bits per heavy atom. The van der Waals surface area contributed by atoms with Crippen molar-refractivity contribution in [3.8, 4) is 11.4 Å². The molecule has 0 aliphatic heterocycles. The number of aromatic nitrogens is 2. The first kappa shape index (κ1) is 17.9. The number of carbonyl (C=O) groups excluding carboxylic acids is 1. The lowest BCUT2D eigenvalue weighted by Gasteiger charge is -2.11. The predicted octanol–water partition coefficient (Wildman–Crippen LogP) is 4.68. The van der Waals surface area contributed by atoms with Gasteiger partial charge in [-0.3, -0.25) is 4.79 Å². The number of carbonyl (C=O) groups is 1. The van der Waals surface area contributed by atoms with Crippen LogP contribution in [0.3, 0.4) is 0 Å². The van der Waals surface area contributed by atoms with Gasteiger partial charge in [-0.2, -0.15) is 0 Å². The van der Waals surface area contributed by atoms with Crippen molar-refractivity contribution in [1.29, 1.82) is 0 Å². The zero-order valence-corrected chi connectivity index (χ0v) is 15.1. The zero-order valence-electron chi connectivity index (χ0n) is 14.4. The highest BCUT2D eigenvalue weighted by molar-refractivity contribution is 6.33. The minimum absolute atomic E-state index is 0.228. The maximum Gasteiger partial charge on any atom is 0.270 e. The monoisotopic (exact) mass is 366 g/mol. The number of hydrogen-bond donors (Lipinski definition) is 2. The molecule has 3 rings (SSSR count). The van der Waals surface area contributed by atoms with Gasteiger partial charge in [0, 0.05) is 18.2 Å². The molecule has 0 atom stereocenters. The van der Waals surface area contributed by atoms with Gasteiger partial charge in [0.2, 0.25) is 0 Å². The molecule has 0 saturated heterocycles. The Morgan fingerprint density at radius 2 is 1.77 bits per heavy atom. The van der Waals surface area contributed by atoms with E-state index >= 15 is 0 Å². The van der Waals surface area contributed by atoms with Crippen LogP contribution in [0.5, 0.6) is 0 Å². The van der Waals surface area contributed by atoms with Gasteiger partial charge in [0.05, 0.1) is 10.7 Å². The van der Waals surface area contributed by atoms with Gasteiger partial charge in [0.1, 0.15) is 11.5 Å². The summed E-state index contributed by atoms with van der Waals surface area (Å²) in [6.45, 7) is 2.59. The summed E-state index contributed by atoms with van der Waals surface area (Å²) in [6, 6.07) is 18.5. The van der Waals surface area contributed by atoms with Crippen LogP contribution in [0.25, 0.3) is 11.4 Å². The first-order valence-electron chi connectivity index (χ1n) is 8.41. The molecule has 2 N–H and O–H groups in total. The number of benzene rings is 2. The fourth-order valence-electron chi connectivity index (χ4n) is 2.37. The number of hydrogen-bond acceptors (Lipinski definition) is 4. The van der Waals surface area contributed by atoms with Gasteiger partial charge in [-0.1, -0.05) is 61.0 Å². The molecule has 26 heavy (non-hydrogen) atoms. The van der Waals surface area contributed by atoms with Gasteiger partial charge in [-0.25, -0.2) is 9.97 Å². The van der Waals surface area contributed by atoms with Gasteiger partial charge >= 0.3 is 0 Å². The predicted molar refractivity (Wildman–Crippen MR) is 105 cm³/mol. The van der Waals surface area contributed by atoms with Crippen molar-refractivity contribution in [2.75, 3.05) is 11.9 Å². The highest BCUT2D eigenvalue weighted by Gasteiger charge is 2.13. The molecule has 0 unspecified atom stereocenters. The lowest BCUT2D eigenvalue weighted by Crippen LogP contribution is -2.25. The highest BCUT2D eigenvalue weighted by Crippen LogP contribution is 2.25. The van der Waals surface area contributed by atoms with E-state index in [0.29, 0.717) is 34.6 Å². The summed E-state index contributed by atoms with van der Waals surface area (Å²) in [4.78, 5) is 21.4. The van der Waals surface area contributed by atoms with Crippen LogP contribution in [0.2, 0.25) is 5.02 Å². The minimum atomic E-state index is -0.228. The van der Waals surface area contributed by atoms with E-state index in [0.717, 1.165) is 12.0 Å². The van der Waals surface area contributed by atoms with E-state index in [4.69, 9.17) is 11.6 Å². The molecule has 3 aromatic rings. The third-order valence-corrected chi connectivity index (χ3v) is 3.99. The van der Waals surface area contributed by atoms with E-state index in [2.05, 4.69) is 20.6 Å². The van der Waals surface area contributed by atoms with Gasteiger partial charge < -0.3 is 10.6 Å². The van der Waals surface area contributed by atoms with Crippen molar-refractivity contribution in [1.82, 2.24) is 15.3 Å². The molecular formula is C20H19ClN4O. The van der Waals surface area contributed by atoms with Gasteiger partial charge in [-0.15, -0.1) is 0 Å². The summed E-state index contributed by atoms with van der Waals surface area (Å²) < 4.78 is 0. The lowest BCUT2D eigenvalue weighted by atomic mass is 10.2. The average Bonchev–Trinajstić information content (AvgIpc) is 2.68. The van der Waals surface area contributed by atoms with Crippen LogP contribution >= 0.6 is 11.6 Å². The summed E-state index contributed by atoms with van der Waals surface area (Å²) in [6.07, 6.45) is 0.854. The topological polar surface area (TPSA) is 66.9 Å². The van der Waals surface area contributed by atoms with Gasteiger partial charge in [-0.05, 0) is 18.6 Å². The quantitative estimate of drug-likeness (QED) is 0.664. The summed E-state index contributed by atoms with van der Waals surface area (Å²) in [7, 11) is 0. The van der Waals surface area contributed by atoms with Crippen molar-refractivity contribution in [3.05, 3.63) is 71.4 Å². The number of anilines is 2. The van der Waals surface area contributed by atoms with Crippen LogP contribution in [-0.2, 0) is 0 Å². The van der Waals surface area contributed by atoms with Gasteiger partial charge in [0.15, 0.2) is 5.82 Å². The number of para-hydroxylation sites is 1. The Bertz CT molecular complexity index is 899. The van der Waals surface area contributed by atoms with Crippen molar-refractivity contribution in [2.24, 2.45) is 0 Å². The molecular weight excluding hydrogens is 348 g/mol. The summed E-state index contributed by atoms with van der Waals surface area (Å²) in [5.41, 5.74) is 1.86. The number of halogens is 1. The molecule has 0 spiro atoms. The molecule has 6 heteroatoms. The maximum atomic E-state index is 12.4. The molecule has 5 nitrogen and oxygen atoms in total. The fourth-order valence-corrected chi connectivity index (χ4v) is 2.56. The summed E-state index contributed by atoms with van der Waals surface area (Å²) in [5, 5.41) is 6.59. The molecule has 0 saturated carbocycles. The van der Waals surface area contributed by atoms with E-state index in [1.165, 1.54) is 0 Å². The van der Waals surface area contributed by atoms with Crippen molar-refractivity contribution < 1.29 is 4.79 Å². The number of rotatable bonds is 6. The minimum Gasteiger partial charge on any atom is -0.351 e. The Morgan fingerprint density at radius 3 is 2.50 bits per heavy atom. The van der Waals surface area contributed by atoms with Crippen molar-refractivity contribution >= 4 is 29.0 Å². The lowest BCUT2D eigenvalue weighted by molar-refractivity contribution is 0.0948. The summed E-state index contributed by atoms with van der Waals surface area (Å²) >= 11 is 6.22. The van der Waals surface area contributed by atoms with E-state index < -0.39 is 0 Å². The smallest absolute Gasteiger partial charge is 0.270 e. The molecule has 2 aromatic carbocycles. The number of amides is 1. The van der Waals surface area contributed by atoms with E-state index in [-0.39, 0.29) is 5.91 Å². The molecule has 0 fully saturated rings. The average molecular weight is 367 g/mol. The van der Waals surface area contributed by atoms with Crippen LogP contribution in [0, 0.1) is 0 Å². The van der Waals surface area contributed by atoms with Crippen LogP contribution in [-0.4, -0.2) is 22.4 Å². The van der Waals surface area contributed by atoms with Crippen LogP contribution in [0.4, 0.5) is 11.5 Å². The van der Waals surface area contributed by atoms with Crippen molar-refractivity contribution in [2.45, 2.75) is 13.3 Å². The van der Waals surface area contributed by atoms with Crippen LogP contribution in [0.1, 0.15) is 23.8 Å². The largest absolute Gasteiger partial charge is 0.351 e. The maximum absolute atomic E-state index is 12.4. The van der Waals surface area contributed by atoms with Crippen LogP contribution < -0.4 is 10.6 Å². The second-order valence-corrected chi connectivity index (χ2v) is 6.10. The first-order chi connectivity index (χ1) is 12.7. The first-order valence-corrected chi connectivity index (χ1v) is 8.79. The second kappa shape index (κ2) is 8.45. The second-order valence-electron chi connectivity index (χ2n) is 5.69. The Balaban J connectivity index is 2.00. The molecule has 1 heterocycles. The molecule has 0 radical (unpaired) electrons. The standard InChI is InChI=1S/C20H19ClN4O/c1-2-12-22-20(26)17-13-18(23-16-11-7-6-10-15(16)21)25-19(24-17)14-8-4-3-5-9-14/h3-11,13H,2,12H2,1H3,(H,22,26)(H,23,24,25). The fraction of sp³-hybridized carbons (Fsp3) is 0.150. The molecule has 132 valence electrons. The highest BCUT2D eigenvalue weighted by atomic mass is 35.5. The molecule has 0 aliphatic carbocycles. The number of nitrogens with zero attached hydrogens (tertiary/aromatic N) is 2. The van der Waals surface area contributed by atoms with Gasteiger partial charge in [0.25, 0.3) is 5.91 Å². The number of nitrogens with one attached hydrogen (secondary N) is 2. The van der Waals surface area contributed by atoms with E-state index in [1.807, 2.05) is 55.5 Å². The molecule has 1 amide bonds. The zero-order chi connectivity index (χ0) is 18.4. The SMILES string of the molecule is CCCNC(=O)c1cc(Nc2ccccc2Cl)nc(-c2ccccc2)n1. The van der Waals surface area contributed by atoms with Crippen molar-refractivity contribution in [3.63, 3.8) is 0 Å². The summed E-state index contributed by atoms with van der Waals surface area (Å²) in [5.74, 6) is 0.756. The van der Waals surface area contributed by atoms with E-state index in [9.17, 15) is 4.79 Å². The van der Waals surface area contributed by atoms with Crippen LogP contribution in [0.15, 0.2) is 60.7 Å². The van der Waals surface area contributed by atoms with E-state index in [1.54, 1.807) is 12.1 Å². The third kappa shape index (κ3) is 4.37. The third-order valence-electron chi connectivity index (χ3n) is 3.66.